The fraction of sp³-hybridized carbons (Fsp3) is 0.214. The van der Waals surface area contributed by atoms with Crippen LogP contribution < -0.4 is 10.1 Å². The molecule has 0 aliphatic carbocycles. The summed E-state index contributed by atoms with van der Waals surface area (Å²) in [5, 5.41) is 13.7. The van der Waals surface area contributed by atoms with E-state index in [9.17, 15) is 14.5 Å². The van der Waals surface area contributed by atoms with Crippen LogP contribution >= 0.6 is 0 Å². The molecule has 0 fully saturated rings. The summed E-state index contributed by atoms with van der Waals surface area (Å²) >= 11 is 0. The molecule has 0 atom stereocenters. The van der Waals surface area contributed by atoms with Crippen LogP contribution in [0.4, 0.5) is 10.1 Å². The highest BCUT2D eigenvalue weighted by Crippen LogP contribution is 2.25. The second-order valence-corrected chi connectivity index (χ2v) is 4.26. The normalized spacial score (nSPS) is 10.4. The SMILES string of the molecule is CCNCc1ccc(Oc2ccc([N+](=O)[O-])c(F)c2)nc1. The van der Waals surface area contributed by atoms with Gasteiger partial charge < -0.3 is 10.1 Å². The van der Waals surface area contributed by atoms with Crippen LogP contribution in [0.1, 0.15) is 12.5 Å². The summed E-state index contributed by atoms with van der Waals surface area (Å²) in [6, 6.07) is 6.85. The Morgan fingerprint density at radius 3 is 2.76 bits per heavy atom. The number of nitrogens with one attached hydrogen (secondary N) is 1. The largest absolute Gasteiger partial charge is 0.439 e. The minimum absolute atomic E-state index is 0.157. The number of pyridine rings is 1. The Balaban J connectivity index is 2.07. The van der Waals surface area contributed by atoms with E-state index in [0.29, 0.717) is 12.4 Å². The number of aromatic nitrogens is 1. The van der Waals surface area contributed by atoms with Crippen LogP contribution in [0.25, 0.3) is 0 Å². The minimum atomic E-state index is -0.943. The summed E-state index contributed by atoms with van der Waals surface area (Å²) in [6.45, 7) is 3.57. The van der Waals surface area contributed by atoms with Crippen molar-refractivity contribution >= 4 is 5.69 Å². The number of nitro benzene ring substituents is 1. The first-order valence-electron chi connectivity index (χ1n) is 6.37. The third-order valence-corrected chi connectivity index (χ3v) is 2.71. The molecule has 0 bridgehead atoms. The van der Waals surface area contributed by atoms with Gasteiger partial charge in [0.15, 0.2) is 0 Å². The highest BCUT2D eigenvalue weighted by Gasteiger charge is 2.14. The summed E-state index contributed by atoms with van der Waals surface area (Å²) in [5.74, 6) is -0.491. The molecular weight excluding hydrogens is 277 g/mol. The Labute approximate surface area is 120 Å². The van der Waals surface area contributed by atoms with E-state index in [4.69, 9.17) is 4.74 Å². The molecule has 1 aromatic heterocycles. The van der Waals surface area contributed by atoms with Crippen molar-refractivity contribution < 1.29 is 14.1 Å². The van der Waals surface area contributed by atoms with Crippen molar-refractivity contribution in [2.75, 3.05) is 6.54 Å². The van der Waals surface area contributed by atoms with Crippen molar-refractivity contribution in [2.45, 2.75) is 13.5 Å². The molecule has 1 N–H and O–H groups in total. The first kappa shape index (κ1) is 14.9. The molecule has 1 heterocycles. The van der Waals surface area contributed by atoms with Crippen molar-refractivity contribution in [3.63, 3.8) is 0 Å². The number of nitro groups is 1. The molecule has 6 nitrogen and oxygen atoms in total. The van der Waals surface area contributed by atoms with Gasteiger partial charge in [-0.3, -0.25) is 10.1 Å². The quantitative estimate of drug-likeness (QED) is 0.654. The van der Waals surface area contributed by atoms with Crippen molar-refractivity contribution in [3.05, 3.63) is 58.0 Å². The topological polar surface area (TPSA) is 77.3 Å². The number of rotatable bonds is 6. The smallest absolute Gasteiger partial charge is 0.305 e. The van der Waals surface area contributed by atoms with E-state index in [1.807, 2.05) is 13.0 Å². The van der Waals surface area contributed by atoms with Gasteiger partial charge in [0.25, 0.3) is 0 Å². The molecule has 0 radical (unpaired) electrons. The van der Waals surface area contributed by atoms with Gasteiger partial charge in [0.1, 0.15) is 5.75 Å². The van der Waals surface area contributed by atoms with Crippen LogP contribution in [0, 0.1) is 15.9 Å². The van der Waals surface area contributed by atoms with E-state index in [1.54, 1.807) is 12.3 Å². The monoisotopic (exact) mass is 291 g/mol. The van der Waals surface area contributed by atoms with Gasteiger partial charge in [-0.05, 0) is 18.2 Å². The van der Waals surface area contributed by atoms with Gasteiger partial charge in [-0.25, -0.2) is 4.98 Å². The lowest BCUT2D eigenvalue weighted by Crippen LogP contribution is -2.11. The first-order valence-corrected chi connectivity index (χ1v) is 6.37. The summed E-state index contributed by atoms with van der Waals surface area (Å²) in [5.41, 5.74) is 0.412. The van der Waals surface area contributed by atoms with Crippen LogP contribution in [-0.4, -0.2) is 16.5 Å². The second kappa shape index (κ2) is 6.76. The third kappa shape index (κ3) is 3.96. The molecule has 0 spiro atoms. The fourth-order valence-electron chi connectivity index (χ4n) is 1.67. The molecule has 0 saturated heterocycles. The molecular formula is C14H14FN3O3. The standard InChI is InChI=1S/C14H14FN3O3/c1-2-16-8-10-3-6-14(17-9-10)21-11-4-5-13(18(19)20)12(15)7-11/h3-7,9,16H,2,8H2,1H3. The van der Waals surface area contributed by atoms with Gasteiger partial charge in [0, 0.05) is 30.9 Å². The Bertz CT molecular complexity index is 632. The van der Waals surface area contributed by atoms with Crippen LogP contribution in [0.2, 0.25) is 0 Å². The molecule has 0 unspecified atom stereocenters. The molecule has 0 saturated carbocycles. The lowest BCUT2D eigenvalue weighted by Gasteiger charge is -2.06. The maximum Gasteiger partial charge on any atom is 0.305 e. The Hall–Kier alpha value is -2.54. The van der Waals surface area contributed by atoms with Gasteiger partial charge >= 0.3 is 5.69 Å². The molecule has 1 aromatic carbocycles. The molecule has 110 valence electrons. The van der Waals surface area contributed by atoms with Crippen molar-refractivity contribution in [2.24, 2.45) is 0 Å². The highest BCUT2D eigenvalue weighted by atomic mass is 19.1. The molecule has 7 heteroatoms. The lowest BCUT2D eigenvalue weighted by atomic mass is 10.3. The molecule has 0 amide bonds. The number of nitrogens with zero attached hydrogens (tertiary/aromatic N) is 2. The summed E-state index contributed by atoms with van der Waals surface area (Å²) in [4.78, 5) is 13.8. The average Bonchev–Trinajstić information content (AvgIpc) is 2.46. The van der Waals surface area contributed by atoms with Gasteiger partial charge in [-0.1, -0.05) is 13.0 Å². The van der Waals surface area contributed by atoms with E-state index >= 15 is 0 Å². The Kier molecular flexibility index (Phi) is 4.78. The zero-order valence-corrected chi connectivity index (χ0v) is 11.4. The first-order chi connectivity index (χ1) is 10.1. The molecule has 2 aromatic rings. The number of benzene rings is 1. The summed E-state index contributed by atoms with van der Waals surface area (Å²) in [6.07, 6.45) is 1.65. The molecule has 0 aliphatic rings. The second-order valence-electron chi connectivity index (χ2n) is 4.26. The van der Waals surface area contributed by atoms with Crippen LogP contribution in [-0.2, 0) is 6.54 Å². The van der Waals surface area contributed by atoms with Gasteiger partial charge in [0.05, 0.1) is 4.92 Å². The van der Waals surface area contributed by atoms with Crippen LogP contribution in [0.15, 0.2) is 36.5 Å². The maximum atomic E-state index is 13.5. The zero-order chi connectivity index (χ0) is 15.2. The van der Waals surface area contributed by atoms with E-state index < -0.39 is 16.4 Å². The van der Waals surface area contributed by atoms with E-state index in [0.717, 1.165) is 24.2 Å². The Morgan fingerprint density at radius 1 is 1.38 bits per heavy atom. The van der Waals surface area contributed by atoms with Crippen molar-refractivity contribution in [3.8, 4) is 11.6 Å². The number of hydrogen-bond acceptors (Lipinski definition) is 5. The predicted molar refractivity (Wildman–Crippen MR) is 74.7 cm³/mol. The van der Waals surface area contributed by atoms with E-state index in [1.165, 1.54) is 6.07 Å². The lowest BCUT2D eigenvalue weighted by molar-refractivity contribution is -0.387. The molecule has 21 heavy (non-hydrogen) atoms. The average molecular weight is 291 g/mol. The van der Waals surface area contributed by atoms with Crippen LogP contribution in [0.5, 0.6) is 11.6 Å². The van der Waals surface area contributed by atoms with Gasteiger partial charge in [-0.2, -0.15) is 4.39 Å². The van der Waals surface area contributed by atoms with Gasteiger partial charge in [-0.15, -0.1) is 0 Å². The fourth-order valence-corrected chi connectivity index (χ4v) is 1.67. The predicted octanol–water partition coefficient (Wildman–Crippen LogP) is 3.03. The number of ether oxygens (including phenoxy) is 1. The Morgan fingerprint density at radius 2 is 2.19 bits per heavy atom. The third-order valence-electron chi connectivity index (χ3n) is 2.71. The minimum Gasteiger partial charge on any atom is -0.439 e. The molecule has 0 aliphatic heterocycles. The van der Waals surface area contributed by atoms with Crippen molar-refractivity contribution in [1.29, 1.82) is 0 Å². The zero-order valence-electron chi connectivity index (χ0n) is 11.4. The van der Waals surface area contributed by atoms with E-state index in [2.05, 4.69) is 10.3 Å². The number of halogens is 1. The van der Waals surface area contributed by atoms with Crippen LogP contribution in [0.3, 0.4) is 0 Å². The number of hydrogen-bond donors (Lipinski definition) is 1. The summed E-state index contributed by atoms with van der Waals surface area (Å²) < 4.78 is 18.8. The molecule has 2 rings (SSSR count). The maximum absolute atomic E-state index is 13.5. The van der Waals surface area contributed by atoms with Gasteiger partial charge in [0.2, 0.25) is 11.7 Å². The van der Waals surface area contributed by atoms with Crippen molar-refractivity contribution in [1.82, 2.24) is 10.3 Å². The summed E-state index contributed by atoms with van der Waals surface area (Å²) in [7, 11) is 0. The van der Waals surface area contributed by atoms with E-state index in [-0.39, 0.29) is 5.75 Å². The highest BCUT2D eigenvalue weighted by molar-refractivity contribution is 5.39.